The number of hydrogen-bond donors (Lipinski definition) is 6. The van der Waals surface area contributed by atoms with Gasteiger partial charge in [0.2, 0.25) is 21.9 Å². The zero-order valence-electron chi connectivity index (χ0n) is 32.4. The Hall–Kier alpha value is -5.89. The number of aromatic nitrogens is 4. The van der Waals surface area contributed by atoms with Gasteiger partial charge in [-0.05, 0) is 35.6 Å². The number of aliphatic hydroxyl groups is 2. The number of amides is 1. The number of aliphatic carboxylic acids is 1. The zero-order chi connectivity index (χ0) is 43.0. The summed E-state index contributed by atoms with van der Waals surface area (Å²) in [6.45, 7) is 3.06. The number of nitrogens with zero attached hydrogens (tertiary/aromatic N) is 5. The van der Waals surface area contributed by atoms with Crippen LogP contribution in [-0.2, 0) is 19.6 Å². The van der Waals surface area contributed by atoms with E-state index in [1.54, 1.807) is 23.9 Å². The molecule has 1 aliphatic carbocycles. The van der Waals surface area contributed by atoms with Gasteiger partial charge in [-0.3, -0.25) is 4.79 Å². The number of sulfonamides is 1. The minimum atomic E-state index is -5.08. The lowest BCUT2D eigenvalue weighted by Gasteiger charge is -2.22. The van der Waals surface area contributed by atoms with Gasteiger partial charge in [-0.25, -0.2) is 22.9 Å². The third kappa shape index (κ3) is 10.8. The van der Waals surface area contributed by atoms with Crippen molar-refractivity contribution in [1.82, 2.24) is 29.6 Å². The minimum Gasteiger partial charge on any atom is -0.475 e. The average molecular weight is 851 g/mol. The number of carbonyl (C=O) groups is 2. The van der Waals surface area contributed by atoms with E-state index in [1.165, 1.54) is 5.41 Å². The largest absolute Gasteiger partial charge is 0.490 e. The highest BCUT2D eigenvalue weighted by Crippen LogP contribution is 2.35. The Kier molecular flexibility index (Phi) is 13.8. The molecule has 5 atom stereocenters. The molecule has 3 aromatic carbocycles. The lowest BCUT2D eigenvalue weighted by molar-refractivity contribution is -0.192. The summed E-state index contributed by atoms with van der Waals surface area (Å²) in [5.74, 6) is -2.12. The van der Waals surface area contributed by atoms with Crippen molar-refractivity contribution in [3.63, 3.8) is 0 Å². The fraction of sp³-hybridized carbons (Fsp3) is 0.341. The number of aliphatic hydroxyl groups excluding tert-OH is 2. The van der Waals surface area contributed by atoms with E-state index in [4.69, 9.17) is 24.9 Å². The van der Waals surface area contributed by atoms with Crippen LogP contribution in [0.25, 0.3) is 17.2 Å². The van der Waals surface area contributed by atoms with Gasteiger partial charge < -0.3 is 35.4 Å². The van der Waals surface area contributed by atoms with Crippen LogP contribution >= 0.6 is 0 Å². The first-order valence-corrected chi connectivity index (χ1v) is 20.7. The van der Waals surface area contributed by atoms with Gasteiger partial charge in [0.05, 0.1) is 18.4 Å². The van der Waals surface area contributed by atoms with Gasteiger partial charge in [0.1, 0.15) is 12.2 Å². The molecule has 318 valence electrons. The number of carboxylic acids is 1. The maximum atomic E-state index is 13.0. The molecule has 5 aromatic rings. The highest BCUT2D eigenvalue weighted by molar-refractivity contribution is 7.92. The highest BCUT2D eigenvalue weighted by Gasteiger charge is 2.44. The van der Waals surface area contributed by atoms with Gasteiger partial charge in [0.15, 0.2) is 17.0 Å². The van der Waals surface area contributed by atoms with Gasteiger partial charge in [-0.2, -0.15) is 23.1 Å². The highest BCUT2D eigenvalue weighted by atomic mass is 32.2. The number of rotatable bonds is 13. The van der Waals surface area contributed by atoms with Crippen LogP contribution in [0.5, 0.6) is 0 Å². The van der Waals surface area contributed by atoms with E-state index in [2.05, 4.69) is 39.6 Å². The van der Waals surface area contributed by atoms with Crippen LogP contribution in [0.4, 0.5) is 24.9 Å². The van der Waals surface area contributed by atoms with Crippen molar-refractivity contribution in [2.24, 2.45) is 0 Å². The summed E-state index contributed by atoms with van der Waals surface area (Å²) in [7, 11) is -3.72. The first-order valence-electron chi connectivity index (χ1n) is 19.2. The molecule has 15 nitrogen and oxygen atoms in total. The number of carboxylic acid groups (broad SMARTS) is 1. The Morgan fingerprint density at radius 2 is 1.53 bits per heavy atom. The lowest BCUT2D eigenvalue weighted by atomic mass is 9.91. The summed E-state index contributed by atoms with van der Waals surface area (Å²) >= 11 is 0. The van der Waals surface area contributed by atoms with Gasteiger partial charge in [0, 0.05) is 43.4 Å². The third-order valence-corrected chi connectivity index (χ3v) is 11.4. The molecule has 0 unspecified atom stereocenters. The maximum Gasteiger partial charge on any atom is 0.490 e. The number of imidazole rings is 1. The molecule has 1 saturated carbocycles. The summed E-state index contributed by atoms with van der Waals surface area (Å²) < 4.78 is 62.3. The Morgan fingerprint density at radius 3 is 2.12 bits per heavy atom. The van der Waals surface area contributed by atoms with Crippen LogP contribution in [0.2, 0.25) is 0 Å². The number of carbonyl (C=O) groups excluding carboxylic acids is 1. The molecule has 1 aliphatic heterocycles. The molecule has 0 radical (unpaired) electrons. The molecule has 60 heavy (non-hydrogen) atoms. The number of fused-ring (bicyclic) bond motifs is 1. The van der Waals surface area contributed by atoms with Crippen LogP contribution in [0.1, 0.15) is 54.8 Å². The van der Waals surface area contributed by atoms with Gasteiger partial charge in [0.25, 0.3) is 0 Å². The molecular formula is C41H45F3N8O7S. The molecule has 6 N–H and O–H groups in total. The third-order valence-electron chi connectivity index (χ3n) is 10.2. The fourth-order valence-corrected chi connectivity index (χ4v) is 8.26. The number of alkyl halides is 3. The van der Waals surface area contributed by atoms with Gasteiger partial charge in [-0.15, -0.1) is 0 Å². The lowest BCUT2D eigenvalue weighted by Crippen LogP contribution is -2.42. The standard InChI is InChI=1S/C39H44N8O5S.C2HF3O2/c1-2-33(48)42-31-22-32(36(50)35(31)49)47-25-41-34-37(40-23-30(27-14-8-4-9-15-27)28-16-10-5-11-17-28)43-39(44-38(34)47)46-20-18-29(24-46)45-53(51,52)21-19-26-12-6-3-7-13-26;3-2(4,5)1(6)7/h3-17,19,21,25,29-32,35-36,45,49-50H,2,18,20,22-24H2,1H3,(H,42,48)(H,40,43,44);(H,6,7)/t29-,31+,32-,35-,36+;/m1./s1. The molecule has 2 aliphatic rings. The summed E-state index contributed by atoms with van der Waals surface area (Å²) in [6.07, 6.45) is -3.21. The van der Waals surface area contributed by atoms with Crippen LogP contribution in [0, 0.1) is 0 Å². The number of anilines is 2. The van der Waals surface area contributed by atoms with E-state index < -0.39 is 46.5 Å². The van der Waals surface area contributed by atoms with Crippen molar-refractivity contribution in [2.45, 2.75) is 68.6 Å². The average Bonchev–Trinajstić information content (AvgIpc) is 3.95. The molecule has 2 fully saturated rings. The van der Waals surface area contributed by atoms with Crippen LogP contribution < -0.4 is 20.3 Å². The first kappa shape index (κ1) is 43.7. The number of hydrogen-bond acceptors (Lipinski definition) is 11. The summed E-state index contributed by atoms with van der Waals surface area (Å²) in [6, 6.07) is 28.0. The molecule has 1 saturated heterocycles. The monoisotopic (exact) mass is 850 g/mol. The summed E-state index contributed by atoms with van der Waals surface area (Å²) in [5.41, 5.74) is 3.97. The van der Waals surface area contributed by atoms with Crippen molar-refractivity contribution >= 4 is 50.9 Å². The van der Waals surface area contributed by atoms with E-state index in [0.717, 1.165) is 16.7 Å². The quantitative estimate of drug-likeness (QED) is 0.0972. The van der Waals surface area contributed by atoms with E-state index in [0.29, 0.717) is 49.0 Å². The van der Waals surface area contributed by atoms with Gasteiger partial charge >= 0.3 is 12.1 Å². The molecule has 19 heteroatoms. The Balaban J connectivity index is 0.000000793. The van der Waals surface area contributed by atoms with E-state index >= 15 is 0 Å². The number of benzene rings is 3. The minimum absolute atomic E-state index is 0.0165. The summed E-state index contributed by atoms with van der Waals surface area (Å²) in [4.78, 5) is 37.6. The molecule has 1 amide bonds. The van der Waals surface area contributed by atoms with Crippen molar-refractivity contribution < 1.29 is 46.5 Å². The molecule has 0 spiro atoms. The predicted molar refractivity (Wildman–Crippen MR) is 218 cm³/mol. The molecule has 3 heterocycles. The SMILES string of the molecule is CCC(=O)N[C@H]1C[C@@H](n2cnc3c(NCC(c4ccccc4)c4ccccc4)nc(N4CC[C@@H](NS(=O)(=O)C=Cc5ccccc5)C4)nc32)[C@H](O)[C@@H]1O.O=C(O)C(F)(F)F. The summed E-state index contributed by atoms with van der Waals surface area (Å²) in [5, 5.41) is 36.8. The zero-order valence-corrected chi connectivity index (χ0v) is 33.2. The normalized spacial score (nSPS) is 20.6. The van der Waals surface area contributed by atoms with Gasteiger partial charge in [-0.1, -0.05) is 97.9 Å². The smallest absolute Gasteiger partial charge is 0.475 e. The molecule has 7 rings (SSSR count). The van der Waals surface area contributed by atoms with Crippen molar-refractivity contribution in [3.8, 4) is 0 Å². The van der Waals surface area contributed by atoms with E-state index in [9.17, 15) is 36.6 Å². The Bertz CT molecular complexity index is 2330. The van der Waals surface area contributed by atoms with Crippen molar-refractivity contribution in [2.75, 3.05) is 29.9 Å². The second-order valence-electron chi connectivity index (χ2n) is 14.4. The Labute approximate surface area is 344 Å². The van der Waals surface area contributed by atoms with Crippen LogP contribution in [0.15, 0.2) is 103 Å². The van der Waals surface area contributed by atoms with E-state index in [1.807, 2.05) is 71.6 Å². The van der Waals surface area contributed by atoms with Crippen LogP contribution in [0.3, 0.4) is 0 Å². The van der Waals surface area contributed by atoms with E-state index in [-0.39, 0.29) is 30.7 Å². The number of nitrogens with one attached hydrogen (secondary N) is 3. The van der Waals surface area contributed by atoms with Crippen molar-refractivity contribution in [3.05, 3.63) is 119 Å². The van der Waals surface area contributed by atoms with Crippen molar-refractivity contribution in [1.29, 1.82) is 0 Å². The number of halogens is 3. The predicted octanol–water partition coefficient (Wildman–Crippen LogP) is 4.43. The maximum absolute atomic E-state index is 13.0. The topological polar surface area (TPSA) is 212 Å². The second-order valence-corrected chi connectivity index (χ2v) is 16.0. The fourth-order valence-electron chi connectivity index (χ4n) is 7.19. The van der Waals surface area contributed by atoms with Crippen LogP contribution in [-0.4, -0.2) is 105 Å². The first-order chi connectivity index (χ1) is 28.6. The Morgan fingerprint density at radius 1 is 0.933 bits per heavy atom. The molecule has 0 bridgehead atoms. The molecular weight excluding hydrogens is 806 g/mol. The molecule has 2 aromatic heterocycles. The second kappa shape index (κ2) is 19.0.